The van der Waals surface area contributed by atoms with Crippen molar-refractivity contribution in [2.75, 3.05) is 0 Å². The minimum atomic E-state index is 1.14. The molecule has 13 heavy (non-hydrogen) atoms. The van der Waals surface area contributed by atoms with Crippen LogP contribution in [0, 0.1) is 13.8 Å². The Bertz CT molecular complexity index is 231. The van der Waals surface area contributed by atoms with Gasteiger partial charge < -0.3 is 4.57 Å². The molecule has 1 aromatic heterocycles. The van der Waals surface area contributed by atoms with Gasteiger partial charge in [0.25, 0.3) is 0 Å². The maximum Gasteiger partial charge on any atom is 0.105 e. The van der Waals surface area contributed by atoms with E-state index < -0.39 is 0 Å². The number of hydrogen-bond donors (Lipinski definition) is 0. The van der Waals surface area contributed by atoms with Crippen LogP contribution in [0.3, 0.4) is 0 Å². The quantitative estimate of drug-likeness (QED) is 0.637. The first-order valence-corrected chi connectivity index (χ1v) is 5.24. The largest absolute Gasteiger partial charge is 0.333 e. The Morgan fingerprint density at radius 3 is 2.54 bits per heavy atom. The van der Waals surface area contributed by atoms with Crippen LogP contribution in [0.5, 0.6) is 0 Å². The molecular weight excluding hydrogens is 160 g/mol. The van der Waals surface area contributed by atoms with Crippen LogP contribution >= 0.6 is 0 Å². The average molecular weight is 180 g/mol. The van der Waals surface area contributed by atoms with Crippen molar-refractivity contribution in [2.24, 2.45) is 0 Å². The summed E-state index contributed by atoms with van der Waals surface area (Å²) < 4.78 is 2.30. The monoisotopic (exact) mass is 180 g/mol. The number of unbranched alkanes of at least 4 members (excludes halogenated alkanes) is 3. The number of aromatic nitrogens is 2. The van der Waals surface area contributed by atoms with Crippen molar-refractivity contribution in [3.05, 3.63) is 17.7 Å². The van der Waals surface area contributed by atoms with Crippen LogP contribution in [0.15, 0.2) is 6.20 Å². The Labute approximate surface area is 81.0 Å². The molecule has 2 heteroatoms. The summed E-state index contributed by atoms with van der Waals surface area (Å²) in [7, 11) is 0. The van der Waals surface area contributed by atoms with Gasteiger partial charge in [0, 0.05) is 18.4 Å². The van der Waals surface area contributed by atoms with Gasteiger partial charge in [-0.15, -0.1) is 0 Å². The SMILES string of the molecule is CCCCCCn1c(C)cnc1C. The van der Waals surface area contributed by atoms with Crippen molar-refractivity contribution >= 4 is 0 Å². The highest BCUT2D eigenvalue weighted by molar-refractivity contribution is 5.01. The zero-order chi connectivity index (χ0) is 9.68. The Balaban J connectivity index is 2.36. The number of nitrogens with zero attached hydrogens (tertiary/aromatic N) is 2. The molecule has 1 heterocycles. The third-order valence-electron chi connectivity index (χ3n) is 2.49. The van der Waals surface area contributed by atoms with Crippen LogP contribution in [0.25, 0.3) is 0 Å². The molecule has 0 aliphatic carbocycles. The van der Waals surface area contributed by atoms with Crippen LogP contribution in [-0.2, 0) is 6.54 Å². The molecule has 0 aliphatic rings. The zero-order valence-electron chi connectivity index (χ0n) is 9.01. The fraction of sp³-hybridized carbons (Fsp3) is 0.727. The van der Waals surface area contributed by atoms with E-state index in [9.17, 15) is 0 Å². The number of rotatable bonds is 5. The maximum atomic E-state index is 4.28. The molecule has 0 spiro atoms. The zero-order valence-corrected chi connectivity index (χ0v) is 9.01. The molecule has 0 atom stereocenters. The van der Waals surface area contributed by atoms with E-state index in [2.05, 4.69) is 30.3 Å². The summed E-state index contributed by atoms with van der Waals surface area (Å²) in [4.78, 5) is 4.28. The highest BCUT2D eigenvalue weighted by atomic mass is 15.1. The van der Waals surface area contributed by atoms with Crippen molar-refractivity contribution in [3.63, 3.8) is 0 Å². The van der Waals surface area contributed by atoms with Crippen LogP contribution in [0.1, 0.15) is 44.1 Å². The van der Waals surface area contributed by atoms with Gasteiger partial charge in [-0.3, -0.25) is 0 Å². The molecular formula is C11H20N2. The van der Waals surface area contributed by atoms with Crippen molar-refractivity contribution in [1.82, 2.24) is 9.55 Å². The summed E-state index contributed by atoms with van der Waals surface area (Å²) in [6.45, 7) is 7.58. The van der Waals surface area contributed by atoms with Gasteiger partial charge in [0.2, 0.25) is 0 Å². The molecule has 2 nitrogen and oxygen atoms in total. The van der Waals surface area contributed by atoms with Crippen molar-refractivity contribution in [3.8, 4) is 0 Å². The van der Waals surface area contributed by atoms with Gasteiger partial charge in [-0.05, 0) is 20.3 Å². The second-order valence-corrected chi connectivity index (χ2v) is 3.66. The predicted octanol–water partition coefficient (Wildman–Crippen LogP) is 3.08. The average Bonchev–Trinajstić information content (AvgIpc) is 2.42. The summed E-state index contributed by atoms with van der Waals surface area (Å²) in [5.74, 6) is 1.15. The van der Waals surface area contributed by atoms with Crippen molar-refractivity contribution in [2.45, 2.75) is 53.0 Å². The Hall–Kier alpha value is -0.790. The molecule has 0 saturated carbocycles. The lowest BCUT2D eigenvalue weighted by atomic mass is 10.2. The van der Waals surface area contributed by atoms with Crippen molar-refractivity contribution in [1.29, 1.82) is 0 Å². The first-order chi connectivity index (χ1) is 6.25. The fourth-order valence-corrected chi connectivity index (χ4v) is 1.62. The van der Waals surface area contributed by atoms with E-state index in [0.29, 0.717) is 0 Å². The Morgan fingerprint density at radius 2 is 2.00 bits per heavy atom. The Morgan fingerprint density at radius 1 is 1.23 bits per heavy atom. The topological polar surface area (TPSA) is 17.8 Å². The van der Waals surface area contributed by atoms with E-state index in [4.69, 9.17) is 0 Å². The van der Waals surface area contributed by atoms with Gasteiger partial charge in [-0.2, -0.15) is 0 Å². The van der Waals surface area contributed by atoms with E-state index in [1.54, 1.807) is 0 Å². The second kappa shape index (κ2) is 5.05. The molecule has 0 fully saturated rings. The van der Waals surface area contributed by atoms with Gasteiger partial charge in [0.15, 0.2) is 0 Å². The molecule has 74 valence electrons. The van der Waals surface area contributed by atoms with Crippen LogP contribution in [0.2, 0.25) is 0 Å². The molecule has 0 bridgehead atoms. The van der Waals surface area contributed by atoms with Crippen LogP contribution < -0.4 is 0 Å². The number of aryl methyl sites for hydroxylation is 2. The first-order valence-electron chi connectivity index (χ1n) is 5.24. The minimum absolute atomic E-state index is 1.14. The lowest BCUT2D eigenvalue weighted by Gasteiger charge is -2.06. The molecule has 0 aromatic carbocycles. The summed E-state index contributed by atoms with van der Waals surface area (Å²) in [6, 6.07) is 0. The standard InChI is InChI=1S/C11H20N2/c1-4-5-6-7-8-13-10(2)9-12-11(13)3/h9H,4-8H2,1-3H3. The van der Waals surface area contributed by atoms with Gasteiger partial charge in [-0.1, -0.05) is 26.2 Å². The third-order valence-corrected chi connectivity index (χ3v) is 2.49. The summed E-state index contributed by atoms with van der Waals surface area (Å²) in [5.41, 5.74) is 1.29. The van der Waals surface area contributed by atoms with Crippen molar-refractivity contribution < 1.29 is 0 Å². The molecule has 0 radical (unpaired) electrons. The van der Waals surface area contributed by atoms with Crippen LogP contribution in [0.4, 0.5) is 0 Å². The summed E-state index contributed by atoms with van der Waals surface area (Å²) >= 11 is 0. The van der Waals surface area contributed by atoms with E-state index in [0.717, 1.165) is 12.4 Å². The maximum absolute atomic E-state index is 4.28. The molecule has 0 unspecified atom stereocenters. The van der Waals surface area contributed by atoms with E-state index >= 15 is 0 Å². The van der Waals surface area contributed by atoms with E-state index in [-0.39, 0.29) is 0 Å². The van der Waals surface area contributed by atoms with E-state index in [1.165, 1.54) is 31.4 Å². The van der Waals surface area contributed by atoms with Gasteiger partial charge in [0.1, 0.15) is 5.82 Å². The molecule has 0 saturated heterocycles. The highest BCUT2D eigenvalue weighted by Gasteiger charge is 2.00. The van der Waals surface area contributed by atoms with Crippen LogP contribution in [-0.4, -0.2) is 9.55 Å². The molecule has 1 aromatic rings. The molecule has 0 aliphatic heterocycles. The van der Waals surface area contributed by atoms with E-state index in [1.807, 2.05) is 6.20 Å². The molecule has 0 amide bonds. The van der Waals surface area contributed by atoms with Gasteiger partial charge in [-0.25, -0.2) is 4.98 Å². The normalized spacial score (nSPS) is 10.7. The summed E-state index contributed by atoms with van der Waals surface area (Å²) in [6.07, 6.45) is 7.24. The Kier molecular flexibility index (Phi) is 4.00. The third kappa shape index (κ3) is 2.87. The fourth-order valence-electron chi connectivity index (χ4n) is 1.62. The molecule has 0 N–H and O–H groups in total. The van der Waals surface area contributed by atoms with Gasteiger partial charge in [0.05, 0.1) is 0 Å². The minimum Gasteiger partial charge on any atom is -0.333 e. The highest BCUT2D eigenvalue weighted by Crippen LogP contribution is 2.07. The smallest absolute Gasteiger partial charge is 0.105 e. The predicted molar refractivity (Wildman–Crippen MR) is 55.8 cm³/mol. The first kappa shape index (κ1) is 10.3. The molecule has 1 rings (SSSR count). The number of imidazole rings is 1. The van der Waals surface area contributed by atoms with Gasteiger partial charge >= 0.3 is 0 Å². The summed E-state index contributed by atoms with van der Waals surface area (Å²) in [5, 5.41) is 0. The lowest BCUT2D eigenvalue weighted by molar-refractivity contribution is 0.565. The second-order valence-electron chi connectivity index (χ2n) is 3.66. The lowest BCUT2D eigenvalue weighted by Crippen LogP contribution is -2.02. The number of hydrogen-bond acceptors (Lipinski definition) is 1.